The first-order valence-corrected chi connectivity index (χ1v) is 8.63. The zero-order valence-electron chi connectivity index (χ0n) is 14.6. The van der Waals surface area contributed by atoms with Crippen LogP contribution in [0.3, 0.4) is 0 Å². The van der Waals surface area contributed by atoms with Crippen molar-refractivity contribution in [3.8, 4) is 11.5 Å². The highest BCUT2D eigenvalue weighted by Gasteiger charge is 2.18. The van der Waals surface area contributed by atoms with Crippen LogP contribution in [0.4, 0.5) is 14.9 Å². The van der Waals surface area contributed by atoms with E-state index in [4.69, 9.17) is 9.47 Å². The fourth-order valence-corrected chi connectivity index (χ4v) is 2.92. The lowest BCUT2D eigenvalue weighted by Crippen LogP contribution is -2.29. The van der Waals surface area contributed by atoms with Crippen molar-refractivity contribution in [1.82, 2.24) is 10.3 Å². The Labute approximate surface area is 151 Å². The molecule has 1 aliphatic rings. The molecule has 1 fully saturated rings. The van der Waals surface area contributed by atoms with Crippen LogP contribution in [0.1, 0.15) is 31.2 Å². The highest BCUT2D eigenvalue weighted by atomic mass is 19.1. The lowest BCUT2D eigenvalue weighted by Gasteiger charge is -2.18. The number of halogens is 1. The number of anilines is 1. The van der Waals surface area contributed by atoms with Gasteiger partial charge in [-0.2, -0.15) is 0 Å². The number of carbonyl (C=O) groups is 1. The predicted molar refractivity (Wildman–Crippen MR) is 95.9 cm³/mol. The van der Waals surface area contributed by atoms with E-state index in [1.165, 1.54) is 25.1 Å². The van der Waals surface area contributed by atoms with Gasteiger partial charge in [0, 0.05) is 24.4 Å². The van der Waals surface area contributed by atoms with Gasteiger partial charge >= 0.3 is 6.03 Å². The molecule has 1 heterocycles. The normalized spacial score (nSPS) is 14.1. The number of aromatic nitrogens is 1. The SMILES string of the molecule is COc1ccc(CNC(=O)Nc2ccncc2F)c(OC2CCCC2)c1. The van der Waals surface area contributed by atoms with Gasteiger partial charge in [0.2, 0.25) is 0 Å². The number of rotatable bonds is 6. The van der Waals surface area contributed by atoms with E-state index in [1.54, 1.807) is 7.11 Å². The van der Waals surface area contributed by atoms with Crippen LogP contribution in [-0.2, 0) is 6.54 Å². The quantitative estimate of drug-likeness (QED) is 0.821. The van der Waals surface area contributed by atoms with Gasteiger partial charge < -0.3 is 20.1 Å². The molecule has 26 heavy (non-hydrogen) atoms. The van der Waals surface area contributed by atoms with Gasteiger partial charge in [0.25, 0.3) is 0 Å². The molecule has 1 aromatic heterocycles. The molecule has 2 aromatic rings. The smallest absolute Gasteiger partial charge is 0.319 e. The zero-order valence-corrected chi connectivity index (χ0v) is 14.6. The fraction of sp³-hybridized carbons (Fsp3) is 0.368. The van der Waals surface area contributed by atoms with Crippen molar-refractivity contribution in [1.29, 1.82) is 0 Å². The molecule has 0 unspecified atom stereocenters. The van der Waals surface area contributed by atoms with Crippen LogP contribution in [0.5, 0.6) is 11.5 Å². The Hall–Kier alpha value is -2.83. The molecule has 6 nitrogen and oxygen atoms in total. The Kier molecular flexibility index (Phi) is 5.88. The number of urea groups is 1. The first kappa shape index (κ1) is 18.0. The molecule has 1 aromatic carbocycles. The molecule has 0 saturated heterocycles. The van der Waals surface area contributed by atoms with Gasteiger partial charge in [-0.3, -0.25) is 4.98 Å². The number of benzene rings is 1. The molecule has 0 spiro atoms. The second-order valence-electron chi connectivity index (χ2n) is 6.16. The van der Waals surface area contributed by atoms with E-state index < -0.39 is 11.8 Å². The average Bonchev–Trinajstić information content (AvgIpc) is 3.15. The highest BCUT2D eigenvalue weighted by Crippen LogP contribution is 2.30. The average molecular weight is 359 g/mol. The molecule has 0 radical (unpaired) electrons. The zero-order chi connectivity index (χ0) is 18.4. The molecular weight excluding hydrogens is 337 g/mol. The van der Waals surface area contributed by atoms with E-state index in [0.29, 0.717) is 11.5 Å². The molecule has 0 atom stereocenters. The van der Waals surface area contributed by atoms with Gasteiger partial charge in [-0.15, -0.1) is 0 Å². The van der Waals surface area contributed by atoms with Crippen LogP contribution in [-0.4, -0.2) is 24.2 Å². The van der Waals surface area contributed by atoms with E-state index in [9.17, 15) is 9.18 Å². The lowest BCUT2D eigenvalue weighted by molar-refractivity contribution is 0.206. The highest BCUT2D eigenvalue weighted by molar-refractivity contribution is 5.89. The second kappa shape index (κ2) is 8.51. The Morgan fingerprint density at radius 3 is 2.85 bits per heavy atom. The maximum absolute atomic E-state index is 13.5. The number of nitrogens with zero attached hydrogens (tertiary/aromatic N) is 1. The summed E-state index contributed by atoms with van der Waals surface area (Å²) in [5.41, 5.74) is 0.915. The number of amides is 2. The fourth-order valence-electron chi connectivity index (χ4n) is 2.92. The van der Waals surface area contributed by atoms with Crippen molar-refractivity contribution in [3.05, 3.63) is 48.0 Å². The summed E-state index contributed by atoms with van der Waals surface area (Å²) in [6.45, 7) is 0.255. The summed E-state index contributed by atoms with van der Waals surface area (Å²) < 4.78 is 24.9. The van der Waals surface area contributed by atoms with E-state index in [-0.39, 0.29) is 18.3 Å². The minimum atomic E-state index is -0.586. The van der Waals surface area contributed by atoms with Crippen LogP contribution in [0, 0.1) is 5.82 Å². The van der Waals surface area contributed by atoms with Crippen LogP contribution in [0.25, 0.3) is 0 Å². The van der Waals surface area contributed by atoms with Crippen LogP contribution < -0.4 is 20.1 Å². The molecule has 1 aliphatic carbocycles. The maximum Gasteiger partial charge on any atom is 0.319 e. The Balaban J connectivity index is 1.64. The minimum absolute atomic E-state index is 0.0784. The van der Waals surface area contributed by atoms with Crippen LogP contribution >= 0.6 is 0 Å². The topological polar surface area (TPSA) is 72.5 Å². The van der Waals surface area contributed by atoms with Gasteiger partial charge in [0.1, 0.15) is 11.5 Å². The summed E-state index contributed by atoms with van der Waals surface area (Å²) in [7, 11) is 1.60. The first-order chi connectivity index (χ1) is 12.7. The van der Waals surface area contributed by atoms with E-state index in [2.05, 4.69) is 15.6 Å². The Morgan fingerprint density at radius 1 is 1.31 bits per heavy atom. The van der Waals surface area contributed by atoms with Crippen LogP contribution in [0.2, 0.25) is 0 Å². The molecule has 3 rings (SSSR count). The maximum atomic E-state index is 13.5. The summed E-state index contributed by atoms with van der Waals surface area (Å²) in [6, 6.07) is 6.40. The van der Waals surface area contributed by atoms with Gasteiger partial charge in [-0.1, -0.05) is 0 Å². The Bertz CT molecular complexity index is 763. The van der Waals surface area contributed by atoms with Gasteiger partial charge in [-0.05, 0) is 43.9 Å². The number of ether oxygens (including phenoxy) is 2. The summed E-state index contributed by atoms with van der Waals surface area (Å²) in [4.78, 5) is 15.7. The number of hydrogen-bond acceptors (Lipinski definition) is 4. The van der Waals surface area contributed by atoms with Crippen molar-refractivity contribution < 1.29 is 18.7 Å². The van der Waals surface area contributed by atoms with Crippen LogP contribution in [0.15, 0.2) is 36.7 Å². The number of carbonyl (C=O) groups excluding carboxylic acids is 1. The lowest BCUT2D eigenvalue weighted by atomic mass is 10.2. The second-order valence-corrected chi connectivity index (χ2v) is 6.16. The molecule has 0 aliphatic heterocycles. The van der Waals surface area contributed by atoms with Gasteiger partial charge in [0.15, 0.2) is 5.82 Å². The third kappa shape index (κ3) is 4.62. The van der Waals surface area contributed by atoms with Crippen molar-refractivity contribution in [2.75, 3.05) is 12.4 Å². The summed E-state index contributed by atoms with van der Waals surface area (Å²) in [6.07, 6.45) is 7.06. The molecule has 2 amide bonds. The van der Waals surface area contributed by atoms with Crippen molar-refractivity contribution >= 4 is 11.7 Å². The molecule has 138 valence electrons. The predicted octanol–water partition coefficient (Wildman–Crippen LogP) is 3.87. The number of pyridine rings is 1. The van der Waals surface area contributed by atoms with Crippen molar-refractivity contribution in [2.45, 2.75) is 38.3 Å². The first-order valence-electron chi connectivity index (χ1n) is 8.63. The number of hydrogen-bond donors (Lipinski definition) is 2. The van der Waals surface area contributed by atoms with E-state index in [0.717, 1.165) is 24.6 Å². The van der Waals surface area contributed by atoms with Gasteiger partial charge in [0.05, 0.1) is 25.1 Å². The number of nitrogens with one attached hydrogen (secondary N) is 2. The van der Waals surface area contributed by atoms with E-state index >= 15 is 0 Å². The van der Waals surface area contributed by atoms with Crippen molar-refractivity contribution in [2.24, 2.45) is 0 Å². The monoisotopic (exact) mass is 359 g/mol. The van der Waals surface area contributed by atoms with Gasteiger partial charge in [-0.25, -0.2) is 9.18 Å². The minimum Gasteiger partial charge on any atom is -0.497 e. The molecule has 0 bridgehead atoms. The third-order valence-electron chi connectivity index (χ3n) is 4.33. The molecule has 1 saturated carbocycles. The number of methoxy groups -OCH3 is 1. The molecule has 7 heteroatoms. The molecule has 2 N–H and O–H groups in total. The summed E-state index contributed by atoms with van der Waals surface area (Å²) in [5, 5.41) is 5.18. The largest absolute Gasteiger partial charge is 0.497 e. The molecular formula is C19H22FN3O3. The Morgan fingerprint density at radius 2 is 2.12 bits per heavy atom. The summed E-state index contributed by atoms with van der Waals surface area (Å²) >= 11 is 0. The summed E-state index contributed by atoms with van der Waals surface area (Å²) in [5.74, 6) is 0.814. The standard InChI is InChI=1S/C19H22FN3O3/c1-25-15-7-6-13(18(10-15)26-14-4-2-3-5-14)11-22-19(24)23-17-8-9-21-12-16(17)20/h6-10,12,14H,2-5,11H2,1H3,(H2,21,22,23,24). The van der Waals surface area contributed by atoms with Crippen molar-refractivity contribution in [3.63, 3.8) is 0 Å². The third-order valence-corrected chi connectivity index (χ3v) is 4.33. The van der Waals surface area contributed by atoms with E-state index in [1.807, 2.05) is 18.2 Å².